The molecule has 1 atom stereocenters. The van der Waals surface area contributed by atoms with Gasteiger partial charge in [-0.25, -0.2) is 4.98 Å². The van der Waals surface area contributed by atoms with Crippen molar-refractivity contribution in [1.29, 1.82) is 0 Å². The molecule has 0 radical (unpaired) electrons. The fourth-order valence-electron chi connectivity index (χ4n) is 1.75. The fraction of sp³-hybridized carbons (Fsp3) is 0.308. The van der Waals surface area contributed by atoms with Crippen molar-refractivity contribution >= 4 is 17.0 Å². The maximum absolute atomic E-state index is 9.27. The zero-order valence-corrected chi connectivity index (χ0v) is 11.2. The molecule has 0 saturated heterocycles. The Morgan fingerprint density at radius 3 is 2.94 bits per heavy atom. The lowest BCUT2D eigenvalue weighted by atomic mass is 10.1. The summed E-state index contributed by atoms with van der Waals surface area (Å²) in [4.78, 5) is 4.27. The second-order valence-corrected chi connectivity index (χ2v) is 4.85. The largest absolute Gasteiger partial charge is 0.496 e. The normalized spacial score (nSPS) is 12.2. The molecular formula is C13H16N2O2S. The fourth-order valence-corrected chi connectivity index (χ4v) is 2.40. The van der Waals surface area contributed by atoms with Gasteiger partial charge in [0, 0.05) is 22.8 Å². The second kappa shape index (κ2) is 5.84. The van der Waals surface area contributed by atoms with Crippen LogP contribution in [0.5, 0.6) is 5.75 Å². The van der Waals surface area contributed by atoms with Crippen molar-refractivity contribution in [2.45, 2.75) is 19.6 Å². The molecule has 5 heteroatoms. The Hall–Kier alpha value is -1.59. The Kier molecular flexibility index (Phi) is 4.17. The Balaban J connectivity index is 2.14. The lowest BCUT2D eigenvalue weighted by Crippen LogP contribution is -2.06. The molecular weight excluding hydrogens is 248 g/mol. The van der Waals surface area contributed by atoms with Gasteiger partial charge in [-0.3, -0.25) is 0 Å². The number of ether oxygens (including phenoxy) is 1. The third-order valence-corrected chi connectivity index (χ3v) is 3.61. The summed E-state index contributed by atoms with van der Waals surface area (Å²) in [5.74, 6) is 0.699. The van der Waals surface area contributed by atoms with Gasteiger partial charge in [0.1, 0.15) is 10.8 Å². The molecule has 1 unspecified atom stereocenters. The van der Waals surface area contributed by atoms with E-state index in [9.17, 15) is 5.11 Å². The molecule has 2 N–H and O–H groups in total. The van der Waals surface area contributed by atoms with Crippen molar-refractivity contribution in [1.82, 2.24) is 4.98 Å². The van der Waals surface area contributed by atoms with Gasteiger partial charge in [0.25, 0.3) is 0 Å². The van der Waals surface area contributed by atoms with Gasteiger partial charge in [-0.15, -0.1) is 11.3 Å². The SMILES string of the molecule is COc1ccc(NC(C)c2nccs2)cc1CO. The van der Waals surface area contributed by atoms with Crippen LogP contribution in [-0.4, -0.2) is 17.2 Å². The van der Waals surface area contributed by atoms with Gasteiger partial charge in [-0.05, 0) is 25.1 Å². The van der Waals surface area contributed by atoms with Crippen LogP contribution in [0.2, 0.25) is 0 Å². The number of thiazole rings is 1. The highest BCUT2D eigenvalue weighted by Crippen LogP contribution is 2.26. The number of anilines is 1. The van der Waals surface area contributed by atoms with E-state index in [0.29, 0.717) is 5.75 Å². The van der Waals surface area contributed by atoms with Crippen molar-refractivity contribution in [2.24, 2.45) is 0 Å². The van der Waals surface area contributed by atoms with E-state index in [-0.39, 0.29) is 12.6 Å². The molecule has 18 heavy (non-hydrogen) atoms. The monoisotopic (exact) mass is 264 g/mol. The number of nitrogens with one attached hydrogen (secondary N) is 1. The first-order valence-corrected chi connectivity index (χ1v) is 6.56. The molecule has 1 heterocycles. The number of rotatable bonds is 5. The summed E-state index contributed by atoms with van der Waals surface area (Å²) in [6.45, 7) is 2.02. The number of hydrogen-bond acceptors (Lipinski definition) is 5. The Morgan fingerprint density at radius 1 is 1.50 bits per heavy atom. The Bertz CT molecular complexity index is 500. The minimum atomic E-state index is -0.0374. The van der Waals surface area contributed by atoms with E-state index in [2.05, 4.69) is 17.2 Å². The van der Waals surface area contributed by atoms with Crippen LogP contribution in [0.3, 0.4) is 0 Å². The molecule has 0 aliphatic heterocycles. The summed E-state index contributed by atoms with van der Waals surface area (Å²) in [5.41, 5.74) is 1.72. The van der Waals surface area contributed by atoms with Gasteiger partial charge < -0.3 is 15.2 Å². The standard InChI is InChI=1S/C13H16N2O2S/c1-9(13-14-5-6-18-13)15-11-3-4-12(17-2)10(7-11)8-16/h3-7,9,15-16H,8H2,1-2H3. The molecule has 2 rings (SSSR count). The van der Waals surface area contributed by atoms with Crippen molar-refractivity contribution < 1.29 is 9.84 Å². The molecule has 4 nitrogen and oxygen atoms in total. The Labute approximate surface area is 110 Å². The minimum absolute atomic E-state index is 0.0374. The molecule has 0 amide bonds. The van der Waals surface area contributed by atoms with Crippen LogP contribution < -0.4 is 10.1 Å². The summed E-state index contributed by atoms with van der Waals surface area (Å²) in [7, 11) is 1.60. The number of hydrogen-bond donors (Lipinski definition) is 2. The first kappa shape index (κ1) is 12.9. The first-order valence-electron chi connectivity index (χ1n) is 5.68. The number of benzene rings is 1. The zero-order valence-electron chi connectivity index (χ0n) is 10.4. The van der Waals surface area contributed by atoms with Crippen LogP contribution in [0, 0.1) is 0 Å². The van der Waals surface area contributed by atoms with E-state index < -0.39 is 0 Å². The van der Waals surface area contributed by atoms with E-state index >= 15 is 0 Å². The van der Waals surface area contributed by atoms with Crippen LogP contribution >= 0.6 is 11.3 Å². The number of nitrogens with zero attached hydrogens (tertiary/aromatic N) is 1. The second-order valence-electron chi connectivity index (χ2n) is 3.92. The summed E-state index contributed by atoms with van der Waals surface area (Å²) < 4.78 is 5.17. The summed E-state index contributed by atoms with van der Waals surface area (Å²) in [6, 6.07) is 5.82. The van der Waals surface area contributed by atoms with Gasteiger partial charge in [0.2, 0.25) is 0 Å². The predicted octanol–water partition coefficient (Wildman–Crippen LogP) is 2.82. The molecule has 0 saturated carbocycles. The maximum atomic E-state index is 9.27. The highest BCUT2D eigenvalue weighted by Gasteiger charge is 2.09. The smallest absolute Gasteiger partial charge is 0.124 e. The molecule has 0 aliphatic rings. The minimum Gasteiger partial charge on any atom is -0.496 e. The van der Waals surface area contributed by atoms with Crippen LogP contribution in [-0.2, 0) is 6.61 Å². The molecule has 2 aromatic rings. The van der Waals surface area contributed by atoms with Crippen LogP contribution in [0.15, 0.2) is 29.8 Å². The molecule has 0 bridgehead atoms. The van der Waals surface area contributed by atoms with Crippen molar-refractivity contribution in [3.8, 4) is 5.75 Å². The third-order valence-electron chi connectivity index (χ3n) is 2.66. The molecule has 1 aromatic heterocycles. The topological polar surface area (TPSA) is 54.4 Å². The molecule has 0 fully saturated rings. The number of aliphatic hydroxyl groups is 1. The lowest BCUT2D eigenvalue weighted by molar-refractivity contribution is 0.274. The van der Waals surface area contributed by atoms with Crippen LogP contribution in [0.25, 0.3) is 0 Å². The molecule has 96 valence electrons. The van der Waals surface area contributed by atoms with E-state index in [1.54, 1.807) is 24.6 Å². The lowest BCUT2D eigenvalue weighted by Gasteiger charge is -2.14. The quantitative estimate of drug-likeness (QED) is 0.872. The van der Waals surface area contributed by atoms with E-state index in [1.807, 2.05) is 23.6 Å². The third kappa shape index (κ3) is 2.80. The van der Waals surface area contributed by atoms with Gasteiger partial charge in [0.05, 0.1) is 19.8 Å². The van der Waals surface area contributed by atoms with Crippen molar-refractivity contribution in [2.75, 3.05) is 12.4 Å². The summed E-state index contributed by atoms with van der Waals surface area (Å²) in [6.07, 6.45) is 1.80. The molecule has 1 aromatic carbocycles. The Morgan fingerprint density at radius 2 is 2.33 bits per heavy atom. The maximum Gasteiger partial charge on any atom is 0.124 e. The van der Waals surface area contributed by atoms with Crippen LogP contribution in [0.1, 0.15) is 23.5 Å². The highest BCUT2D eigenvalue weighted by molar-refractivity contribution is 7.09. The van der Waals surface area contributed by atoms with Gasteiger partial charge in [-0.1, -0.05) is 0 Å². The van der Waals surface area contributed by atoms with Crippen molar-refractivity contribution in [3.63, 3.8) is 0 Å². The molecule has 0 spiro atoms. The zero-order chi connectivity index (χ0) is 13.0. The first-order chi connectivity index (χ1) is 8.74. The van der Waals surface area contributed by atoms with Crippen molar-refractivity contribution in [3.05, 3.63) is 40.3 Å². The average Bonchev–Trinajstić information content (AvgIpc) is 2.92. The number of aromatic nitrogens is 1. The van der Waals surface area contributed by atoms with Gasteiger partial charge >= 0.3 is 0 Å². The van der Waals surface area contributed by atoms with E-state index in [0.717, 1.165) is 16.3 Å². The van der Waals surface area contributed by atoms with E-state index in [1.165, 1.54) is 0 Å². The molecule has 0 aliphatic carbocycles. The number of aliphatic hydroxyl groups excluding tert-OH is 1. The average molecular weight is 264 g/mol. The van der Waals surface area contributed by atoms with E-state index in [4.69, 9.17) is 4.74 Å². The van der Waals surface area contributed by atoms with Gasteiger partial charge in [0.15, 0.2) is 0 Å². The highest BCUT2D eigenvalue weighted by atomic mass is 32.1. The number of methoxy groups -OCH3 is 1. The van der Waals surface area contributed by atoms with Gasteiger partial charge in [-0.2, -0.15) is 0 Å². The summed E-state index contributed by atoms with van der Waals surface area (Å²) >= 11 is 1.62. The predicted molar refractivity (Wildman–Crippen MR) is 73.1 cm³/mol. The summed E-state index contributed by atoms with van der Waals surface area (Å²) in [5, 5.41) is 15.6. The van der Waals surface area contributed by atoms with Crippen LogP contribution in [0.4, 0.5) is 5.69 Å².